The van der Waals surface area contributed by atoms with E-state index in [0.29, 0.717) is 36.6 Å². The third kappa shape index (κ3) is 4.89. The van der Waals surface area contributed by atoms with Crippen LogP contribution in [0.4, 0.5) is 0 Å². The first-order valence-electron chi connectivity index (χ1n) is 12.4. The van der Waals surface area contributed by atoms with Crippen molar-refractivity contribution in [1.82, 2.24) is 14.8 Å². The van der Waals surface area contributed by atoms with Crippen LogP contribution in [-0.2, 0) is 11.3 Å². The Morgan fingerprint density at radius 2 is 1.79 bits per heavy atom. The summed E-state index contributed by atoms with van der Waals surface area (Å²) in [5, 5.41) is 6.08. The van der Waals surface area contributed by atoms with Crippen LogP contribution in [0, 0.1) is 11.8 Å². The number of carbonyl (C=O) groups is 2. The first-order valence-corrected chi connectivity index (χ1v) is 13.7. The van der Waals surface area contributed by atoms with Crippen molar-refractivity contribution in [2.75, 3.05) is 13.1 Å². The second kappa shape index (κ2) is 10.1. The van der Waals surface area contributed by atoms with Gasteiger partial charge in [-0.25, -0.2) is 0 Å². The number of aromatic nitrogens is 1. The molecule has 2 atom stereocenters. The van der Waals surface area contributed by atoms with Gasteiger partial charge in [0.15, 0.2) is 0 Å². The highest BCUT2D eigenvalue weighted by Gasteiger charge is 2.31. The number of carbonyl (C=O) groups excluding carboxylic acids is 2. The quantitative estimate of drug-likeness (QED) is 0.473. The number of thiophene rings is 1. The Bertz CT molecular complexity index is 1160. The van der Waals surface area contributed by atoms with Gasteiger partial charge in [0.2, 0.25) is 5.91 Å². The molecule has 2 amide bonds. The molecule has 3 aromatic rings. The number of hydrogen-bond donors (Lipinski definition) is 1. The Morgan fingerprint density at radius 1 is 1.06 bits per heavy atom. The van der Waals surface area contributed by atoms with Gasteiger partial charge in [-0.3, -0.25) is 9.59 Å². The number of fused-ring (bicyclic) bond motifs is 1. The van der Waals surface area contributed by atoms with E-state index in [2.05, 4.69) is 28.3 Å². The van der Waals surface area contributed by atoms with E-state index < -0.39 is 0 Å². The highest BCUT2D eigenvalue weighted by atomic mass is 35.5. The Balaban J connectivity index is 1.26. The number of halogens is 1. The van der Waals surface area contributed by atoms with Crippen LogP contribution in [0.5, 0.6) is 0 Å². The van der Waals surface area contributed by atoms with Gasteiger partial charge in [-0.15, -0.1) is 11.3 Å². The lowest BCUT2D eigenvalue weighted by atomic mass is 9.85. The lowest BCUT2D eigenvalue weighted by molar-refractivity contribution is -0.127. The van der Waals surface area contributed by atoms with Crippen molar-refractivity contribution in [2.24, 2.45) is 11.8 Å². The zero-order valence-corrected chi connectivity index (χ0v) is 21.2. The minimum absolute atomic E-state index is 0.00234. The molecule has 1 N–H and O–H groups in total. The highest BCUT2D eigenvalue weighted by molar-refractivity contribution is 7.17. The van der Waals surface area contributed by atoms with Crippen LogP contribution in [-0.4, -0.2) is 40.4 Å². The van der Waals surface area contributed by atoms with Crippen molar-refractivity contribution < 1.29 is 9.59 Å². The Hall–Kier alpha value is -2.31. The van der Waals surface area contributed by atoms with E-state index in [1.807, 2.05) is 35.2 Å². The topological polar surface area (TPSA) is 54.3 Å². The Labute approximate surface area is 210 Å². The summed E-state index contributed by atoms with van der Waals surface area (Å²) in [5.41, 5.74) is 2.91. The van der Waals surface area contributed by atoms with E-state index in [0.717, 1.165) is 40.7 Å². The summed E-state index contributed by atoms with van der Waals surface area (Å²) < 4.78 is 3.23. The summed E-state index contributed by atoms with van der Waals surface area (Å²) in [5.74, 6) is 0.791. The fourth-order valence-electron chi connectivity index (χ4n) is 5.44. The van der Waals surface area contributed by atoms with Crippen molar-refractivity contribution in [3.8, 4) is 0 Å². The van der Waals surface area contributed by atoms with Gasteiger partial charge in [-0.05, 0) is 66.8 Å². The molecule has 1 saturated heterocycles. The van der Waals surface area contributed by atoms with Crippen molar-refractivity contribution in [3.63, 3.8) is 0 Å². The van der Waals surface area contributed by atoms with E-state index in [-0.39, 0.29) is 17.7 Å². The molecule has 0 radical (unpaired) electrons. The zero-order valence-electron chi connectivity index (χ0n) is 19.6. The predicted molar refractivity (Wildman–Crippen MR) is 139 cm³/mol. The number of amides is 2. The minimum atomic E-state index is 0.00234. The molecule has 0 bridgehead atoms. The van der Waals surface area contributed by atoms with Crippen LogP contribution in [0.25, 0.3) is 10.2 Å². The number of likely N-dealkylation sites (tertiary alicyclic amines) is 1. The molecule has 2 fully saturated rings. The number of nitrogens with zero attached hydrogens (tertiary/aromatic N) is 2. The lowest BCUT2D eigenvalue weighted by Gasteiger charge is -2.34. The molecule has 34 heavy (non-hydrogen) atoms. The average molecular weight is 498 g/mol. The molecule has 0 spiro atoms. The molecule has 2 aliphatic rings. The molecule has 3 heterocycles. The maximum atomic E-state index is 13.6. The van der Waals surface area contributed by atoms with Gasteiger partial charge in [0.05, 0.1) is 10.2 Å². The van der Waals surface area contributed by atoms with Gasteiger partial charge < -0.3 is 14.8 Å². The maximum Gasteiger partial charge on any atom is 0.270 e. The second-order valence-electron chi connectivity index (χ2n) is 9.86. The summed E-state index contributed by atoms with van der Waals surface area (Å²) in [6.45, 7) is 4.11. The van der Waals surface area contributed by atoms with Gasteiger partial charge in [0, 0.05) is 36.6 Å². The predicted octanol–water partition coefficient (Wildman–Crippen LogP) is 5.95. The minimum Gasteiger partial charge on any atom is -0.353 e. The third-order valence-corrected chi connectivity index (χ3v) is 8.69. The van der Waals surface area contributed by atoms with Crippen molar-refractivity contribution in [3.05, 3.63) is 58.1 Å². The smallest absolute Gasteiger partial charge is 0.270 e. The standard InChI is InChI=1S/C27H32ClN3O2S/c1-18-4-2-3-5-22(18)29-26(32)20-10-13-30(14-11-20)27(33)24-16-25-23(12-15-34-25)31(24)17-19-6-8-21(28)9-7-19/h6-9,12,15-16,18,20,22H,2-5,10-11,13-14,17H2,1H3,(H,29,32). The lowest BCUT2D eigenvalue weighted by Crippen LogP contribution is -2.47. The maximum absolute atomic E-state index is 13.6. The van der Waals surface area contributed by atoms with Crippen LogP contribution in [0.1, 0.15) is 61.5 Å². The van der Waals surface area contributed by atoms with Gasteiger partial charge in [-0.1, -0.05) is 43.5 Å². The third-order valence-electron chi connectivity index (χ3n) is 7.59. The fraction of sp³-hybridized carbons (Fsp3) is 0.481. The molecule has 7 heteroatoms. The normalized spacial score (nSPS) is 21.6. The first-order chi connectivity index (χ1) is 16.5. The van der Waals surface area contributed by atoms with Crippen LogP contribution in [0.3, 0.4) is 0 Å². The largest absolute Gasteiger partial charge is 0.353 e. The molecule has 5 nitrogen and oxygen atoms in total. The van der Waals surface area contributed by atoms with E-state index in [9.17, 15) is 9.59 Å². The van der Waals surface area contributed by atoms with E-state index in [1.165, 1.54) is 19.3 Å². The zero-order chi connectivity index (χ0) is 23.7. The van der Waals surface area contributed by atoms with Crippen molar-refractivity contribution in [1.29, 1.82) is 0 Å². The summed E-state index contributed by atoms with van der Waals surface area (Å²) >= 11 is 7.71. The number of nitrogens with one attached hydrogen (secondary N) is 1. The summed E-state index contributed by atoms with van der Waals surface area (Å²) in [6.07, 6.45) is 6.22. The van der Waals surface area contributed by atoms with E-state index >= 15 is 0 Å². The molecule has 1 aliphatic carbocycles. The molecule has 1 saturated carbocycles. The second-order valence-corrected chi connectivity index (χ2v) is 11.2. The highest BCUT2D eigenvalue weighted by Crippen LogP contribution is 2.29. The summed E-state index contributed by atoms with van der Waals surface area (Å²) in [7, 11) is 0. The van der Waals surface area contributed by atoms with Crippen molar-refractivity contribution in [2.45, 2.75) is 58.0 Å². The van der Waals surface area contributed by atoms with Gasteiger partial charge in [-0.2, -0.15) is 0 Å². The molecular weight excluding hydrogens is 466 g/mol. The fourth-order valence-corrected chi connectivity index (χ4v) is 6.38. The van der Waals surface area contributed by atoms with Crippen LogP contribution in [0.2, 0.25) is 5.02 Å². The number of piperidine rings is 1. The molecule has 180 valence electrons. The number of benzene rings is 1. The van der Waals surface area contributed by atoms with Gasteiger partial charge >= 0.3 is 0 Å². The molecule has 1 aliphatic heterocycles. The van der Waals surface area contributed by atoms with Gasteiger partial charge in [0.1, 0.15) is 5.69 Å². The SMILES string of the molecule is CC1CCCCC1NC(=O)C1CCN(C(=O)c2cc3sccc3n2Cc2ccc(Cl)cc2)CC1. The van der Waals surface area contributed by atoms with E-state index in [1.54, 1.807) is 11.3 Å². The van der Waals surface area contributed by atoms with Crippen LogP contribution in [0.15, 0.2) is 41.8 Å². The number of hydrogen-bond acceptors (Lipinski definition) is 3. The van der Waals surface area contributed by atoms with E-state index in [4.69, 9.17) is 11.6 Å². The number of rotatable bonds is 5. The molecule has 1 aromatic carbocycles. The molecule has 5 rings (SSSR count). The Kier molecular flexibility index (Phi) is 6.98. The summed E-state index contributed by atoms with van der Waals surface area (Å²) in [6, 6.07) is 12.2. The first kappa shape index (κ1) is 23.4. The average Bonchev–Trinajstić information content (AvgIpc) is 3.44. The van der Waals surface area contributed by atoms with Crippen molar-refractivity contribution >= 4 is 45.0 Å². The van der Waals surface area contributed by atoms with Gasteiger partial charge in [0.25, 0.3) is 5.91 Å². The van der Waals surface area contributed by atoms with Crippen LogP contribution < -0.4 is 5.32 Å². The monoisotopic (exact) mass is 497 g/mol. The summed E-state index contributed by atoms with van der Waals surface area (Å²) in [4.78, 5) is 28.4. The Morgan fingerprint density at radius 3 is 2.53 bits per heavy atom. The molecule has 2 aromatic heterocycles. The molecular formula is C27H32ClN3O2S. The van der Waals surface area contributed by atoms with Crippen LogP contribution >= 0.6 is 22.9 Å². The molecule has 2 unspecified atom stereocenters.